The number of aliphatic hydroxyl groups excluding tert-OH is 1. The van der Waals surface area contributed by atoms with Crippen molar-refractivity contribution in [3.63, 3.8) is 0 Å². The van der Waals surface area contributed by atoms with Gasteiger partial charge in [0.25, 0.3) is 5.56 Å². The van der Waals surface area contributed by atoms with E-state index in [2.05, 4.69) is 26.3 Å². The van der Waals surface area contributed by atoms with Crippen LogP contribution in [0.3, 0.4) is 0 Å². The molecule has 1 aromatic rings. The summed E-state index contributed by atoms with van der Waals surface area (Å²) in [5.41, 5.74) is 0.310. The van der Waals surface area contributed by atoms with E-state index in [1.165, 1.54) is 17.5 Å². The van der Waals surface area contributed by atoms with Crippen molar-refractivity contribution < 1.29 is 5.11 Å². The lowest BCUT2D eigenvalue weighted by Gasteiger charge is -2.29. The Morgan fingerprint density at radius 1 is 1.45 bits per heavy atom. The van der Waals surface area contributed by atoms with Gasteiger partial charge in [-0.25, -0.2) is 4.68 Å². The third-order valence-corrected chi connectivity index (χ3v) is 5.14. The van der Waals surface area contributed by atoms with Crippen LogP contribution in [0, 0.1) is 5.92 Å². The van der Waals surface area contributed by atoms with Crippen molar-refractivity contribution in [2.24, 2.45) is 5.92 Å². The third kappa shape index (κ3) is 2.76. The molecule has 5 nitrogen and oxygen atoms in total. The molecule has 0 bridgehead atoms. The molecule has 2 N–H and O–H groups in total. The minimum Gasteiger partial charge on any atom is -0.394 e. The lowest BCUT2D eigenvalue weighted by molar-refractivity contribution is 0.214. The van der Waals surface area contributed by atoms with Crippen molar-refractivity contribution in [1.29, 1.82) is 0 Å². The van der Waals surface area contributed by atoms with Crippen LogP contribution in [0.1, 0.15) is 38.5 Å². The van der Waals surface area contributed by atoms with E-state index >= 15 is 0 Å². The normalized spacial score (nSPS) is 21.1. The summed E-state index contributed by atoms with van der Waals surface area (Å²) in [5.74, 6) is 0.615. The van der Waals surface area contributed by atoms with Crippen molar-refractivity contribution >= 4 is 21.6 Å². The molecule has 1 aromatic heterocycles. The lowest BCUT2D eigenvalue weighted by Crippen LogP contribution is -2.40. The van der Waals surface area contributed by atoms with E-state index < -0.39 is 0 Å². The summed E-state index contributed by atoms with van der Waals surface area (Å²) in [6.07, 6.45) is 8.17. The molecule has 3 rings (SSSR count). The molecule has 0 spiro atoms. The van der Waals surface area contributed by atoms with Crippen LogP contribution in [-0.4, -0.2) is 27.0 Å². The molecule has 0 saturated heterocycles. The van der Waals surface area contributed by atoms with Gasteiger partial charge in [-0.2, -0.15) is 5.10 Å². The molecule has 2 fully saturated rings. The zero-order valence-electron chi connectivity index (χ0n) is 11.4. The van der Waals surface area contributed by atoms with Crippen molar-refractivity contribution in [3.8, 4) is 0 Å². The van der Waals surface area contributed by atoms with Crippen LogP contribution < -0.4 is 10.9 Å². The number of aromatic nitrogens is 2. The average Bonchev–Trinajstić information content (AvgIpc) is 3.15. The van der Waals surface area contributed by atoms with Crippen LogP contribution in [0.5, 0.6) is 0 Å². The van der Waals surface area contributed by atoms with Gasteiger partial charge in [0.1, 0.15) is 4.47 Å². The van der Waals surface area contributed by atoms with Crippen LogP contribution in [0.4, 0.5) is 5.69 Å². The monoisotopic (exact) mass is 341 g/mol. The minimum atomic E-state index is -0.292. The van der Waals surface area contributed by atoms with Crippen molar-refractivity contribution in [2.45, 2.75) is 50.6 Å². The molecule has 110 valence electrons. The lowest BCUT2D eigenvalue weighted by atomic mass is 9.99. The quantitative estimate of drug-likeness (QED) is 0.860. The topological polar surface area (TPSA) is 67.2 Å². The fraction of sp³-hybridized carbons (Fsp3) is 0.714. The predicted molar refractivity (Wildman–Crippen MR) is 80.8 cm³/mol. The van der Waals surface area contributed by atoms with Gasteiger partial charge < -0.3 is 10.4 Å². The van der Waals surface area contributed by atoms with Gasteiger partial charge in [0, 0.05) is 6.54 Å². The predicted octanol–water partition coefficient (Wildman–Crippen LogP) is 2.13. The molecule has 2 saturated carbocycles. The van der Waals surface area contributed by atoms with Gasteiger partial charge in [-0.3, -0.25) is 4.79 Å². The van der Waals surface area contributed by atoms with Crippen LogP contribution in [0.15, 0.2) is 15.5 Å². The van der Waals surface area contributed by atoms with Gasteiger partial charge >= 0.3 is 0 Å². The number of nitrogens with one attached hydrogen (secondary N) is 1. The summed E-state index contributed by atoms with van der Waals surface area (Å²) in [6, 6.07) is 0. The van der Waals surface area contributed by atoms with E-state index in [0.29, 0.717) is 22.6 Å². The molecule has 0 radical (unpaired) electrons. The summed E-state index contributed by atoms with van der Waals surface area (Å²) >= 11 is 3.38. The first-order chi connectivity index (χ1) is 9.63. The van der Waals surface area contributed by atoms with Crippen molar-refractivity contribution in [3.05, 3.63) is 21.0 Å². The number of rotatable bonds is 5. The van der Waals surface area contributed by atoms with Crippen molar-refractivity contribution in [2.75, 3.05) is 11.9 Å². The zero-order valence-corrected chi connectivity index (χ0v) is 13.0. The maximum atomic E-state index is 12.3. The molecule has 1 heterocycles. The highest BCUT2D eigenvalue weighted by Crippen LogP contribution is 2.34. The summed E-state index contributed by atoms with van der Waals surface area (Å²) in [6.45, 7) is 0.799. The highest BCUT2D eigenvalue weighted by molar-refractivity contribution is 9.10. The van der Waals surface area contributed by atoms with Crippen LogP contribution in [0.2, 0.25) is 0 Å². The Hall–Kier alpha value is -0.880. The molecular formula is C14H20BrN3O2. The standard InChI is InChI=1S/C14H20BrN3O2/c15-12-11(17-14(9-19)5-1-2-6-14)7-16-18(13(12)20)8-10-3-4-10/h7,10,17,19H,1-6,8-9H2. The summed E-state index contributed by atoms with van der Waals surface area (Å²) in [5, 5.41) is 17.2. The molecular weight excluding hydrogens is 322 g/mol. The van der Waals surface area contributed by atoms with Gasteiger partial charge in [0.05, 0.1) is 24.0 Å². The Balaban J connectivity index is 1.82. The van der Waals surface area contributed by atoms with E-state index in [1.54, 1.807) is 6.20 Å². The molecule has 0 amide bonds. The SMILES string of the molecule is O=c1c(Br)c(NC2(CO)CCCC2)cnn1CC1CC1. The van der Waals surface area contributed by atoms with E-state index in [1.807, 2.05) is 0 Å². The molecule has 2 aliphatic carbocycles. The van der Waals surface area contributed by atoms with Gasteiger partial charge in [-0.05, 0) is 47.5 Å². The Bertz CT molecular complexity index is 548. The largest absolute Gasteiger partial charge is 0.394 e. The number of anilines is 1. The van der Waals surface area contributed by atoms with E-state index in [4.69, 9.17) is 0 Å². The maximum Gasteiger partial charge on any atom is 0.283 e. The van der Waals surface area contributed by atoms with Gasteiger partial charge in [0.2, 0.25) is 0 Å². The molecule has 6 heteroatoms. The molecule has 0 unspecified atom stereocenters. The van der Waals surface area contributed by atoms with Gasteiger partial charge in [0.15, 0.2) is 0 Å². The molecule has 0 aliphatic heterocycles. The summed E-state index contributed by atoms with van der Waals surface area (Å²) < 4.78 is 2.06. The van der Waals surface area contributed by atoms with E-state index in [9.17, 15) is 9.90 Å². The first-order valence-electron chi connectivity index (χ1n) is 7.28. The number of halogens is 1. The number of nitrogens with zero attached hydrogens (tertiary/aromatic N) is 2. The van der Waals surface area contributed by atoms with Crippen LogP contribution in [0.25, 0.3) is 0 Å². The Morgan fingerprint density at radius 3 is 2.75 bits per heavy atom. The number of aliphatic hydroxyl groups is 1. The van der Waals surface area contributed by atoms with Crippen molar-refractivity contribution in [1.82, 2.24) is 9.78 Å². The maximum absolute atomic E-state index is 12.3. The van der Waals surface area contributed by atoms with E-state index in [0.717, 1.165) is 25.7 Å². The number of hydrogen-bond acceptors (Lipinski definition) is 4. The fourth-order valence-corrected chi connectivity index (χ4v) is 3.29. The van der Waals surface area contributed by atoms with Gasteiger partial charge in [-0.1, -0.05) is 12.8 Å². The Morgan fingerprint density at radius 2 is 2.15 bits per heavy atom. The highest BCUT2D eigenvalue weighted by Gasteiger charge is 2.34. The average molecular weight is 342 g/mol. The summed E-state index contributed by atoms with van der Waals surface area (Å²) in [4.78, 5) is 12.3. The molecule has 20 heavy (non-hydrogen) atoms. The molecule has 0 aromatic carbocycles. The second-order valence-electron chi connectivity index (χ2n) is 6.07. The second-order valence-corrected chi connectivity index (χ2v) is 6.87. The third-order valence-electron chi connectivity index (χ3n) is 4.38. The highest BCUT2D eigenvalue weighted by atomic mass is 79.9. The minimum absolute atomic E-state index is 0.0879. The zero-order chi connectivity index (χ0) is 14.2. The molecule has 2 aliphatic rings. The second kappa shape index (κ2) is 5.48. The van der Waals surface area contributed by atoms with E-state index in [-0.39, 0.29) is 17.7 Å². The van der Waals surface area contributed by atoms with Crippen LogP contribution in [-0.2, 0) is 6.54 Å². The first kappa shape index (κ1) is 14.1. The van der Waals surface area contributed by atoms with Gasteiger partial charge in [-0.15, -0.1) is 0 Å². The molecule has 0 atom stereocenters. The Kier molecular flexibility index (Phi) is 3.86. The summed E-state index contributed by atoms with van der Waals surface area (Å²) in [7, 11) is 0. The first-order valence-corrected chi connectivity index (χ1v) is 8.07. The smallest absolute Gasteiger partial charge is 0.283 e. The van der Waals surface area contributed by atoms with Crippen LogP contribution >= 0.6 is 15.9 Å². The number of hydrogen-bond donors (Lipinski definition) is 2. The fourth-order valence-electron chi connectivity index (χ4n) is 2.89. The Labute approximate surface area is 126 Å².